The Morgan fingerprint density at radius 3 is 2.45 bits per heavy atom. The predicted molar refractivity (Wildman–Crippen MR) is 94.8 cm³/mol. The monoisotopic (exact) mass is 291 g/mol. The van der Waals surface area contributed by atoms with E-state index >= 15 is 0 Å². The molecular formula is C21H25N. The molecule has 3 rings (SSSR count). The van der Waals surface area contributed by atoms with Crippen molar-refractivity contribution in [1.82, 2.24) is 4.90 Å². The van der Waals surface area contributed by atoms with Crippen molar-refractivity contribution in [3.8, 4) is 0 Å². The molecule has 2 aromatic rings. The maximum atomic E-state index is 2.62. The van der Waals surface area contributed by atoms with Crippen LogP contribution in [0.25, 0.3) is 6.08 Å². The lowest BCUT2D eigenvalue weighted by Gasteiger charge is -2.31. The third-order valence-corrected chi connectivity index (χ3v) is 4.46. The van der Waals surface area contributed by atoms with Crippen molar-refractivity contribution >= 4 is 6.08 Å². The highest BCUT2D eigenvalue weighted by atomic mass is 15.1. The van der Waals surface area contributed by atoms with Crippen LogP contribution in [0.2, 0.25) is 0 Å². The van der Waals surface area contributed by atoms with Crippen molar-refractivity contribution in [3.05, 3.63) is 77.9 Å². The Balaban J connectivity index is 1.50. The van der Waals surface area contributed by atoms with Crippen molar-refractivity contribution in [2.24, 2.45) is 5.92 Å². The Morgan fingerprint density at radius 2 is 1.68 bits per heavy atom. The van der Waals surface area contributed by atoms with Crippen molar-refractivity contribution in [3.63, 3.8) is 0 Å². The van der Waals surface area contributed by atoms with Crippen LogP contribution in [0.15, 0.2) is 66.7 Å². The lowest BCUT2D eigenvalue weighted by Crippen LogP contribution is -2.36. The maximum Gasteiger partial charge on any atom is 0.00446 e. The molecule has 0 saturated carbocycles. The van der Waals surface area contributed by atoms with E-state index in [0.29, 0.717) is 5.92 Å². The van der Waals surface area contributed by atoms with E-state index in [1.807, 2.05) is 0 Å². The van der Waals surface area contributed by atoms with Gasteiger partial charge in [0.25, 0.3) is 0 Å². The molecular weight excluding hydrogens is 266 g/mol. The fourth-order valence-electron chi connectivity index (χ4n) is 3.19. The van der Waals surface area contributed by atoms with Crippen molar-refractivity contribution in [2.75, 3.05) is 19.6 Å². The molecule has 1 aliphatic heterocycles. The van der Waals surface area contributed by atoms with Gasteiger partial charge >= 0.3 is 0 Å². The van der Waals surface area contributed by atoms with E-state index in [-0.39, 0.29) is 0 Å². The summed E-state index contributed by atoms with van der Waals surface area (Å²) in [6, 6.07) is 21.5. The van der Waals surface area contributed by atoms with Gasteiger partial charge in [0, 0.05) is 13.1 Å². The number of piperidine rings is 1. The topological polar surface area (TPSA) is 3.24 Å². The molecule has 0 radical (unpaired) electrons. The van der Waals surface area contributed by atoms with Crippen molar-refractivity contribution in [2.45, 2.75) is 19.3 Å². The van der Waals surface area contributed by atoms with Crippen LogP contribution in [0, 0.1) is 5.92 Å². The molecule has 0 bridgehead atoms. The van der Waals surface area contributed by atoms with E-state index in [2.05, 4.69) is 77.7 Å². The highest BCUT2D eigenvalue weighted by Gasteiger charge is 2.17. The minimum Gasteiger partial charge on any atom is -0.302 e. The maximum absolute atomic E-state index is 2.62. The molecule has 1 unspecified atom stereocenters. The molecule has 22 heavy (non-hydrogen) atoms. The summed E-state index contributed by atoms with van der Waals surface area (Å²) in [4.78, 5) is 2.62. The lowest BCUT2D eigenvalue weighted by molar-refractivity contribution is 0.199. The smallest absolute Gasteiger partial charge is 0.00446 e. The van der Waals surface area contributed by atoms with E-state index in [1.165, 1.54) is 43.6 Å². The van der Waals surface area contributed by atoms with Gasteiger partial charge in [-0.2, -0.15) is 0 Å². The number of benzene rings is 2. The molecule has 1 atom stereocenters. The summed E-state index contributed by atoms with van der Waals surface area (Å²) < 4.78 is 0. The summed E-state index contributed by atoms with van der Waals surface area (Å²) >= 11 is 0. The standard InChI is InChI=1S/C21H25N/c1-3-8-19(9-4-1)13-14-21-12-7-16-22(18-21)17-15-20-10-5-2-6-11-20/h1-6,8-11,13-14,21H,7,12,15-18H2/b14-13-. The molecule has 1 aliphatic rings. The fraction of sp³-hybridized carbons (Fsp3) is 0.333. The van der Waals surface area contributed by atoms with E-state index in [0.717, 1.165) is 6.42 Å². The van der Waals surface area contributed by atoms with Gasteiger partial charge in [-0.05, 0) is 42.9 Å². The second kappa shape index (κ2) is 7.95. The molecule has 1 fully saturated rings. The Morgan fingerprint density at radius 1 is 0.955 bits per heavy atom. The molecule has 2 aromatic carbocycles. The van der Waals surface area contributed by atoms with Gasteiger partial charge in [0.15, 0.2) is 0 Å². The summed E-state index contributed by atoms with van der Waals surface area (Å²) in [5, 5.41) is 0. The molecule has 1 heteroatoms. The van der Waals surface area contributed by atoms with Crippen LogP contribution in [-0.2, 0) is 6.42 Å². The van der Waals surface area contributed by atoms with Crippen LogP contribution in [0.3, 0.4) is 0 Å². The Bertz CT molecular complexity index is 573. The van der Waals surface area contributed by atoms with Gasteiger partial charge in [-0.15, -0.1) is 0 Å². The highest BCUT2D eigenvalue weighted by Crippen LogP contribution is 2.19. The molecule has 0 N–H and O–H groups in total. The molecule has 1 nitrogen and oxygen atoms in total. The zero-order valence-electron chi connectivity index (χ0n) is 13.2. The average molecular weight is 291 g/mol. The molecule has 0 aromatic heterocycles. The van der Waals surface area contributed by atoms with Gasteiger partial charge in [0.1, 0.15) is 0 Å². The molecule has 114 valence electrons. The first-order chi connectivity index (χ1) is 10.9. The third-order valence-electron chi connectivity index (χ3n) is 4.46. The zero-order chi connectivity index (χ0) is 15.0. The van der Waals surface area contributed by atoms with Gasteiger partial charge in [-0.3, -0.25) is 0 Å². The van der Waals surface area contributed by atoms with Gasteiger partial charge in [-0.25, -0.2) is 0 Å². The third kappa shape index (κ3) is 4.57. The second-order valence-electron chi connectivity index (χ2n) is 6.21. The van der Waals surface area contributed by atoms with E-state index in [1.54, 1.807) is 0 Å². The van der Waals surface area contributed by atoms with Gasteiger partial charge in [0.2, 0.25) is 0 Å². The molecule has 0 amide bonds. The van der Waals surface area contributed by atoms with Crippen LogP contribution >= 0.6 is 0 Å². The summed E-state index contributed by atoms with van der Waals surface area (Å²) in [5.41, 5.74) is 2.76. The van der Waals surface area contributed by atoms with Gasteiger partial charge in [-0.1, -0.05) is 72.8 Å². The number of nitrogens with zero attached hydrogens (tertiary/aromatic N) is 1. The largest absolute Gasteiger partial charge is 0.302 e. The van der Waals surface area contributed by atoms with E-state index in [9.17, 15) is 0 Å². The lowest BCUT2D eigenvalue weighted by atomic mass is 9.96. The van der Waals surface area contributed by atoms with Crippen LogP contribution < -0.4 is 0 Å². The number of hydrogen-bond acceptors (Lipinski definition) is 1. The summed E-state index contributed by atoms with van der Waals surface area (Å²) in [7, 11) is 0. The molecule has 0 aliphatic carbocycles. The van der Waals surface area contributed by atoms with Crippen LogP contribution in [0.1, 0.15) is 24.0 Å². The first kappa shape index (κ1) is 15.1. The van der Waals surface area contributed by atoms with Gasteiger partial charge in [0.05, 0.1) is 0 Å². The van der Waals surface area contributed by atoms with E-state index in [4.69, 9.17) is 0 Å². The Hall–Kier alpha value is -1.86. The Kier molecular flexibility index (Phi) is 5.44. The minimum absolute atomic E-state index is 0.699. The molecule has 1 saturated heterocycles. The van der Waals surface area contributed by atoms with Crippen LogP contribution in [0.5, 0.6) is 0 Å². The normalized spacial score (nSPS) is 19.5. The first-order valence-electron chi connectivity index (χ1n) is 8.40. The quantitative estimate of drug-likeness (QED) is 0.775. The SMILES string of the molecule is C(=C/C1CCCN(CCc2ccccc2)C1)/c1ccccc1. The predicted octanol–water partition coefficient (Wildman–Crippen LogP) is 4.65. The number of likely N-dealkylation sites (tertiary alicyclic amines) is 1. The van der Waals surface area contributed by atoms with Crippen molar-refractivity contribution in [1.29, 1.82) is 0 Å². The van der Waals surface area contributed by atoms with E-state index < -0.39 is 0 Å². The average Bonchev–Trinajstić information content (AvgIpc) is 2.60. The summed E-state index contributed by atoms with van der Waals surface area (Å²) in [6.07, 6.45) is 8.50. The summed E-state index contributed by atoms with van der Waals surface area (Å²) in [5.74, 6) is 0.699. The number of rotatable bonds is 5. The van der Waals surface area contributed by atoms with Crippen LogP contribution in [0.4, 0.5) is 0 Å². The van der Waals surface area contributed by atoms with Gasteiger partial charge < -0.3 is 4.90 Å². The Labute approximate surface area is 134 Å². The fourth-order valence-corrected chi connectivity index (χ4v) is 3.19. The minimum atomic E-state index is 0.699. The zero-order valence-corrected chi connectivity index (χ0v) is 13.2. The number of hydrogen-bond donors (Lipinski definition) is 0. The highest BCUT2D eigenvalue weighted by molar-refractivity contribution is 5.49. The first-order valence-corrected chi connectivity index (χ1v) is 8.40. The molecule has 0 spiro atoms. The molecule has 1 heterocycles. The van der Waals surface area contributed by atoms with Crippen molar-refractivity contribution < 1.29 is 0 Å². The summed E-state index contributed by atoms with van der Waals surface area (Å²) in [6.45, 7) is 3.64. The van der Waals surface area contributed by atoms with Crippen LogP contribution in [-0.4, -0.2) is 24.5 Å². The second-order valence-corrected chi connectivity index (χ2v) is 6.21.